The van der Waals surface area contributed by atoms with Crippen LogP contribution in [-0.2, 0) is 4.74 Å². The molecule has 0 amide bonds. The zero-order valence-corrected chi connectivity index (χ0v) is 10.3. The van der Waals surface area contributed by atoms with Crippen LogP contribution in [0.3, 0.4) is 0 Å². The fraction of sp³-hybridized carbons (Fsp3) is 0.455. The Morgan fingerprint density at radius 2 is 2.35 bits per heavy atom. The number of rotatable bonds is 3. The fourth-order valence-electron chi connectivity index (χ4n) is 1.79. The van der Waals surface area contributed by atoms with Crippen molar-refractivity contribution in [3.63, 3.8) is 0 Å². The monoisotopic (exact) mass is 254 g/mol. The van der Waals surface area contributed by atoms with Gasteiger partial charge in [0.25, 0.3) is 5.69 Å². The number of thioether (sulfide) groups is 1. The van der Waals surface area contributed by atoms with Crippen molar-refractivity contribution in [2.45, 2.75) is 29.6 Å². The highest BCUT2D eigenvalue weighted by Gasteiger charge is 2.26. The minimum Gasteiger partial charge on any atom is -0.398 e. The molecule has 17 heavy (non-hydrogen) atoms. The largest absolute Gasteiger partial charge is 0.398 e. The third-order valence-corrected chi connectivity index (χ3v) is 4.34. The van der Waals surface area contributed by atoms with Gasteiger partial charge < -0.3 is 10.5 Å². The number of hydrogen-bond acceptors (Lipinski definition) is 5. The molecule has 2 rings (SSSR count). The summed E-state index contributed by atoms with van der Waals surface area (Å²) < 4.78 is 5.47. The van der Waals surface area contributed by atoms with E-state index in [0.717, 1.165) is 17.9 Å². The predicted octanol–water partition coefficient (Wildman–Crippen LogP) is 2.45. The van der Waals surface area contributed by atoms with E-state index in [1.54, 1.807) is 17.8 Å². The van der Waals surface area contributed by atoms with Gasteiger partial charge in [0.2, 0.25) is 0 Å². The smallest absolute Gasteiger partial charge is 0.271 e. The lowest BCUT2D eigenvalue weighted by Crippen LogP contribution is -2.13. The van der Waals surface area contributed by atoms with Crippen molar-refractivity contribution < 1.29 is 9.66 Å². The number of benzene rings is 1. The van der Waals surface area contributed by atoms with Gasteiger partial charge in [0.05, 0.1) is 16.7 Å². The summed E-state index contributed by atoms with van der Waals surface area (Å²) in [7, 11) is 0. The second-order valence-electron chi connectivity index (χ2n) is 4.00. The number of non-ortho nitro benzene ring substituents is 1. The summed E-state index contributed by atoms with van der Waals surface area (Å²) in [4.78, 5) is 11.0. The Kier molecular flexibility index (Phi) is 3.54. The van der Waals surface area contributed by atoms with Crippen LogP contribution in [-0.4, -0.2) is 22.9 Å². The molecule has 1 fully saturated rings. The van der Waals surface area contributed by atoms with Crippen LogP contribution in [0.15, 0.2) is 23.1 Å². The molecule has 0 radical (unpaired) electrons. The average Bonchev–Trinajstić information content (AvgIpc) is 2.67. The van der Waals surface area contributed by atoms with Crippen molar-refractivity contribution in [3.05, 3.63) is 28.3 Å². The Balaban J connectivity index is 2.14. The summed E-state index contributed by atoms with van der Waals surface area (Å²) in [5.74, 6) is 0. The number of hydrogen-bond donors (Lipinski definition) is 1. The van der Waals surface area contributed by atoms with E-state index in [1.807, 2.05) is 6.92 Å². The molecule has 0 aromatic heterocycles. The first kappa shape index (κ1) is 12.2. The first-order chi connectivity index (χ1) is 8.08. The lowest BCUT2D eigenvalue weighted by molar-refractivity contribution is -0.384. The molecule has 2 unspecified atom stereocenters. The van der Waals surface area contributed by atoms with Gasteiger partial charge in [0, 0.05) is 28.9 Å². The second-order valence-corrected chi connectivity index (χ2v) is 5.28. The zero-order valence-electron chi connectivity index (χ0n) is 9.46. The molecule has 0 aliphatic carbocycles. The van der Waals surface area contributed by atoms with Crippen LogP contribution in [0.2, 0.25) is 0 Å². The molecule has 1 heterocycles. The normalized spacial score (nSPS) is 23.8. The van der Waals surface area contributed by atoms with Gasteiger partial charge in [0.15, 0.2) is 0 Å². The summed E-state index contributed by atoms with van der Waals surface area (Å²) in [6.07, 6.45) is 1.19. The number of nitrogens with two attached hydrogens (primary N) is 1. The van der Waals surface area contributed by atoms with E-state index in [-0.39, 0.29) is 11.8 Å². The Morgan fingerprint density at radius 3 is 2.88 bits per heavy atom. The standard InChI is InChI=1S/C11H14N2O3S/c1-7-10(4-5-16-7)17-11-3-2-8(13(14)15)6-9(11)12/h2-3,6-7,10H,4-5,12H2,1H3. The fourth-order valence-corrected chi connectivity index (χ4v) is 2.94. The van der Waals surface area contributed by atoms with Gasteiger partial charge in [-0.1, -0.05) is 0 Å². The Hall–Kier alpha value is -1.27. The summed E-state index contributed by atoms with van der Waals surface area (Å²) in [5, 5.41) is 11.0. The van der Waals surface area contributed by atoms with Crippen molar-refractivity contribution in [2.24, 2.45) is 0 Å². The van der Waals surface area contributed by atoms with E-state index in [1.165, 1.54) is 12.1 Å². The van der Waals surface area contributed by atoms with Crippen molar-refractivity contribution in [1.29, 1.82) is 0 Å². The molecule has 2 atom stereocenters. The van der Waals surface area contributed by atoms with Crippen LogP contribution < -0.4 is 5.73 Å². The zero-order chi connectivity index (χ0) is 12.4. The molecule has 0 spiro atoms. The Morgan fingerprint density at radius 1 is 1.59 bits per heavy atom. The highest BCUT2D eigenvalue weighted by atomic mass is 32.2. The van der Waals surface area contributed by atoms with Gasteiger partial charge >= 0.3 is 0 Å². The molecule has 5 nitrogen and oxygen atoms in total. The quantitative estimate of drug-likeness (QED) is 0.509. The molecule has 1 aliphatic rings. The van der Waals surface area contributed by atoms with Crippen LogP contribution in [0.5, 0.6) is 0 Å². The number of nitrogens with zero attached hydrogens (tertiary/aromatic N) is 1. The predicted molar refractivity (Wildman–Crippen MR) is 67.2 cm³/mol. The summed E-state index contributed by atoms with van der Waals surface area (Å²) >= 11 is 1.63. The third-order valence-electron chi connectivity index (χ3n) is 2.79. The van der Waals surface area contributed by atoms with Gasteiger partial charge in [-0.05, 0) is 19.4 Å². The van der Waals surface area contributed by atoms with Crippen LogP contribution >= 0.6 is 11.8 Å². The van der Waals surface area contributed by atoms with Crippen LogP contribution in [0, 0.1) is 10.1 Å². The van der Waals surface area contributed by atoms with Gasteiger partial charge in [0.1, 0.15) is 0 Å². The Bertz CT molecular complexity index is 439. The lowest BCUT2D eigenvalue weighted by atomic mass is 10.2. The van der Waals surface area contributed by atoms with Crippen molar-refractivity contribution in [1.82, 2.24) is 0 Å². The minimum absolute atomic E-state index is 0.0302. The van der Waals surface area contributed by atoms with Gasteiger partial charge in [-0.15, -0.1) is 11.8 Å². The molecule has 1 saturated heterocycles. The number of ether oxygens (including phenoxy) is 1. The van der Waals surface area contributed by atoms with Crippen molar-refractivity contribution in [3.8, 4) is 0 Å². The molecule has 92 valence electrons. The van der Waals surface area contributed by atoms with Crippen LogP contribution in [0.25, 0.3) is 0 Å². The van der Waals surface area contributed by atoms with E-state index >= 15 is 0 Å². The topological polar surface area (TPSA) is 78.4 Å². The van der Waals surface area contributed by atoms with E-state index in [9.17, 15) is 10.1 Å². The molecule has 0 bridgehead atoms. The van der Waals surface area contributed by atoms with E-state index in [4.69, 9.17) is 10.5 Å². The van der Waals surface area contributed by atoms with Gasteiger partial charge in [-0.2, -0.15) is 0 Å². The summed E-state index contributed by atoms with van der Waals surface area (Å²) in [5.41, 5.74) is 6.31. The van der Waals surface area contributed by atoms with Gasteiger partial charge in [-0.25, -0.2) is 0 Å². The van der Waals surface area contributed by atoms with Crippen molar-refractivity contribution in [2.75, 3.05) is 12.3 Å². The lowest BCUT2D eigenvalue weighted by Gasteiger charge is -2.14. The number of anilines is 1. The highest BCUT2D eigenvalue weighted by Crippen LogP contribution is 2.36. The minimum atomic E-state index is -0.438. The highest BCUT2D eigenvalue weighted by molar-refractivity contribution is 8.00. The molecule has 6 heteroatoms. The SMILES string of the molecule is CC1OCCC1Sc1ccc([N+](=O)[O-])cc1N. The maximum absolute atomic E-state index is 10.6. The first-order valence-electron chi connectivity index (χ1n) is 5.40. The van der Waals surface area contributed by atoms with Crippen LogP contribution in [0.1, 0.15) is 13.3 Å². The molecule has 0 saturated carbocycles. The first-order valence-corrected chi connectivity index (χ1v) is 6.28. The maximum atomic E-state index is 10.6. The van der Waals surface area contributed by atoms with Crippen LogP contribution in [0.4, 0.5) is 11.4 Å². The van der Waals surface area contributed by atoms with E-state index in [0.29, 0.717) is 10.9 Å². The molecule has 1 aromatic rings. The van der Waals surface area contributed by atoms with Crippen molar-refractivity contribution >= 4 is 23.1 Å². The number of nitro benzene ring substituents is 1. The molecular weight excluding hydrogens is 240 g/mol. The molecule has 1 aromatic carbocycles. The van der Waals surface area contributed by atoms with E-state index in [2.05, 4.69) is 0 Å². The maximum Gasteiger partial charge on any atom is 0.271 e. The van der Waals surface area contributed by atoms with Gasteiger partial charge in [-0.3, -0.25) is 10.1 Å². The molecule has 1 aliphatic heterocycles. The average molecular weight is 254 g/mol. The Labute approximate surface area is 103 Å². The summed E-state index contributed by atoms with van der Waals surface area (Å²) in [6.45, 7) is 2.80. The molecular formula is C11H14N2O3S. The molecule has 2 N–H and O–H groups in total. The number of nitrogen functional groups attached to an aromatic ring is 1. The summed E-state index contributed by atoms with van der Waals surface area (Å²) in [6, 6.07) is 4.60. The third kappa shape index (κ3) is 2.70. The van der Waals surface area contributed by atoms with E-state index < -0.39 is 4.92 Å². The number of nitro groups is 1. The second kappa shape index (κ2) is 4.93.